The standard InChI is InChI=1S/C14H18N4O3.C8H9Cl2N/c1-19-10-5-8(6-11(20-2)12(10)21-3)4-9-7-17-14(16)18-13(9)15;1-11-5-6-2-7(9)4-8(10)3-6/h5-7H,4H2,1-3H3,(H4,15,16,17,18);2-4,11H,5H2,1H3. The minimum atomic E-state index is 0.154. The van der Waals surface area contributed by atoms with Gasteiger partial charge in [-0.1, -0.05) is 23.2 Å². The van der Waals surface area contributed by atoms with Crippen molar-refractivity contribution < 1.29 is 14.2 Å². The Morgan fingerprint density at radius 2 is 1.47 bits per heavy atom. The number of hydrogen-bond acceptors (Lipinski definition) is 8. The van der Waals surface area contributed by atoms with Crippen molar-refractivity contribution in [2.75, 3.05) is 39.8 Å². The van der Waals surface area contributed by atoms with E-state index >= 15 is 0 Å². The first-order valence-corrected chi connectivity index (χ1v) is 10.3. The SMILES string of the molecule is CNCc1cc(Cl)cc(Cl)c1.COc1cc(Cc2cnc(N)nc2N)cc(OC)c1OC. The Bertz CT molecular complexity index is 1000. The van der Waals surface area contributed by atoms with Crippen LogP contribution in [0.4, 0.5) is 11.8 Å². The number of methoxy groups -OCH3 is 3. The van der Waals surface area contributed by atoms with Crippen molar-refractivity contribution in [3.63, 3.8) is 0 Å². The number of nitrogens with one attached hydrogen (secondary N) is 1. The van der Waals surface area contributed by atoms with Crippen molar-refractivity contribution in [2.45, 2.75) is 13.0 Å². The molecule has 32 heavy (non-hydrogen) atoms. The molecular formula is C22H27Cl2N5O3. The number of anilines is 2. The summed E-state index contributed by atoms with van der Waals surface area (Å²) in [6.45, 7) is 0.792. The second-order valence-electron chi connectivity index (χ2n) is 6.66. The molecule has 1 aromatic heterocycles. The van der Waals surface area contributed by atoms with Gasteiger partial charge in [0.25, 0.3) is 0 Å². The summed E-state index contributed by atoms with van der Waals surface area (Å²) in [5.41, 5.74) is 14.2. The monoisotopic (exact) mass is 479 g/mol. The van der Waals surface area contributed by atoms with Gasteiger partial charge in [0, 0.05) is 34.8 Å². The minimum absolute atomic E-state index is 0.154. The largest absolute Gasteiger partial charge is 0.493 e. The molecule has 0 unspecified atom stereocenters. The number of benzene rings is 2. The molecule has 0 saturated carbocycles. The third-order valence-electron chi connectivity index (χ3n) is 4.34. The molecule has 0 saturated heterocycles. The highest BCUT2D eigenvalue weighted by Gasteiger charge is 2.14. The van der Waals surface area contributed by atoms with Crippen LogP contribution in [0.2, 0.25) is 10.0 Å². The Morgan fingerprint density at radius 3 is 1.94 bits per heavy atom. The lowest BCUT2D eigenvalue weighted by Gasteiger charge is -2.14. The first kappa shape index (κ1) is 25.3. The Morgan fingerprint density at radius 1 is 0.875 bits per heavy atom. The second-order valence-corrected chi connectivity index (χ2v) is 7.53. The Labute approximate surface area is 197 Å². The molecule has 0 spiro atoms. The summed E-state index contributed by atoms with van der Waals surface area (Å²) in [6.07, 6.45) is 2.14. The molecule has 1 heterocycles. The highest BCUT2D eigenvalue weighted by Crippen LogP contribution is 2.38. The number of ether oxygens (including phenoxy) is 3. The van der Waals surface area contributed by atoms with Gasteiger partial charge in [0.05, 0.1) is 21.3 Å². The molecule has 8 nitrogen and oxygen atoms in total. The molecule has 0 atom stereocenters. The summed E-state index contributed by atoms with van der Waals surface area (Å²) >= 11 is 11.5. The fraction of sp³-hybridized carbons (Fsp3) is 0.273. The molecule has 2 aromatic carbocycles. The molecular weight excluding hydrogens is 453 g/mol. The summed E-state index contributed by atoms with van der Waals surface area (Å²) in [6, 6.07) is 9.23. The number of halogens is 2. The van der Waals surface area contributed by atoms with Crippen LogP contribution in [0.25, 0.3) is 0 Å². The van der Waals surface area contributed by atoms with Crippen LogP contribution < -0.4 is 31.0 Å². The predicted octanol–water partition coefficient (Wildman–Crippen LogP) is 3.97. The molecule has 0 aliphatic heterocycles. The summed E-state index contributed by atoms with van der Waals surface area (Å²) in [4.78, 5) is 7.90. The molecule has 0 amide bonds. The number of nitrogens with zero attached hydrogens (tertiary/aromatic N) is 2. The lowest BCUT2D eigenvalue weighted by molar-refractivity contribution is 0.324. The van der Waals surface area contributed by atoms with Crippen LogP contribution in [0, 0.1) is 0 Å². The molecule has 3 aromatic rings. The summed E-state index contributed by atoms with van der Waals surface area (Å²) in [5.74, 6) is 2.23. The number of nitrogens with two attached hydrogens (primary N) is 2. The van der Waals surface area contributed by atoms with E-state index in [9.17, 15) is 0 Å². The van der Waals surface area contributed by atoms with Crippen molar-refractivity contribution in [3.8, 4) is 17.2 Å². The molecule has 3 rings (SSSR count). The van der Waals surface area contributed by atoms with Crippen LogP contribution in [0.15, 0.2) is 36.5 Å². The molecule has 10 heteroatoms. The fourth-order valence-electron chi connectivity index (χ4n) is 2.94. The fourth-order valence-corrected chi connectivity index (χ4v) is 3.52. The summed E-state index contributed by atoms with van der Waals surface area (Å²) in [7, 11) is 6.59. The van der Waals surface area contributed by atoms with Crippen LogP contribution in [-0.4, -0.2) is 38.3 Å². The minimum Gasteiger partial charge on any atom is -0.493 e. The number of hydrogen-bond donors (Lipinski definition) is 3. The van der Waals surface area contributed by atoms with Gasteiger partial charge in [-0.05, 0) is 48.5 Å². The average molecular weight is 480 g/mol. The van der Waals surface area contributed by atoms with E-state index in [1.54, 1.807) is 33.6 Å². The smallest absolute Gasteiger partial charge is 0.221 e. The lowest BCUT2D eigenvalue weighted by Crippen LogP contribution is -2.04. The van der Waals surface area contributed by atoms with Gasteiger partial charge < -0.3 is 31.0 Å². The Hall–Kier alpha value is -2.94. The van der Waals surface area contributed by atoms with Crippen LogP contribution in [0.3, 0.4) is 0 Å². The molecule has 0 bridgehead atoms. The van der Waals surface area contributed by atoms with E-state index in [-0.39, 0.29) is 5.95 Å². The van der Waals surface area contributed by atoms with Crippen molar-refractivity contribution in [1.82, 2.24) is 15.3 Å². The number of rotatable bonds is 7. The summed E-state index contributed by atoms with van der Waals surface area (Å²) < 4.78 is 15.9. The molecule has 0 aliphatic rings. The predicted molar refractivity (Wildman–Crippen MR) is 129 cm³/mol. The number of aromatic nitrogens is 2. The zero-order valence-electron chi connectivity index (χ0n) is 18.4. The maximum atomic E-state index is 5.85. The van der Waals surface area contributed by atoms with Crippen LogP contribution in [-0.2, 0) is 13.0 Å². The van der Waals surface area contributed by atoms with E-state index in [2.05, 4.69) is 15.3 Å². The molecule has 0 radical (unpaired) electrons. The van der Waals surface area contributed by atoms with Crippen molar-refractivity contribution in [2.24, 2.45) is 0 Å². The van der Waals surface area contributed by atoms with E-state index < -0.39 is 0 Å². The van der Waals surface area contributed by atoms with E-state index in [4.69, 9.17) is 48.9 Å². The highest BCUT2D eigenvalue weighted by atomic mass is 35.5. The van der Waals surface area contributed by atoms with Gasteiger partial charge in [-0.2, -0.15) is 4.98 Å². The quantitative estimate of drug-likeness (QED) is 0.465. The normalized spacial score (nSPS) is 10.2. The van der Waals surface area contributed by atoms with Gasteiger partial charge in [0.2, 0.25) is 11.7 Å². The van der Waals surface area contributed by atoms with Gasteiger partial charge in [0.1, 0.15) is 5.82 Å². The van der Waals surface area contributed by atoms with Gasteiger partial charge in [-0.25, -0.2) is 4.98 Å². The van der Waals surface area contributed by atoms with Crippen LogP contribution in [0.5, 0.6) is 17.2 Å². The van der Waals surface area contributed by atoms with Crippen molar-refractivity contribution >= 4 is 35.0 Å². The molecule has 5 N–H and O–H groups in total. The first-order chi connectivity index (χ1) is 15.3. The van der Waals surface area contributed by atoms with E-state index in [0.717, 1.165) is 23.2 Å². The van der Waals surface area contributed by atoms with E-state index in [1.807, 2.05) is 31.3 Å². The summed E-state index contributed by atoms with van der Waals surface area (Å²) in [5, 5.41) is 4.39. The Kier molecular flexibility index (Phi) is 9.64. The zero-order chi connectivity index (χ0) is 23.7. The van der Waals surface area contributed by atoms with E-state index in [0.29, 0.717) is 39.5 Å². The third-order valence-corrected chi connectivity index (χ3v) is 4.78. The van der Waals surface area contributed by atoms with Crippen molar-refractivity contribution in [3.05, 3.63) is 63.3 Å². The Balaban J connectivity index is 0.000000278. The van der Waals surface area contributed by atoms with Crippen LogP contribution in [0.1, 0.15) is 16.7 Å². The maximum Gasteiger partial charge on any atom is 0.221 e. The van der Waals surface area contributed by atoms with Crippen LogP contribution >= 0.6 is 23.2 Å². The molecule has 0 fully saturated rings. The van der Waals surface area contributed by atoms with E-state index in [1.165, 1.54) is 0 Å². The van der Waals surface area contributed by atoms with Gasteiger partial charge in [-0.15, -0.1) is 0 Å². The maximum absolute atomic E-state index is 5.85. The third kappa shape index (κ3) is 7.05. The average Bonchev–Trinajstić information content (AvgIpc) is 2.75. The van der Waals surface area contributed by atoms with Crippen molar-refractivity contribution in [1.29, 1.82) is 0 Å². The highest BCUT2D eigenvalue weighted by molar-refractivity contribution is 6.34. The van der Waals surface area contributed by atoms with Gasteiger partial charge in [0.15, 0.2) is 11.5 Å². The first-order valence-electron chi connectivity index (χ1n) is 9.56. The molecule has 172 valence electrons. The number of nitrogen functional groups attached to an aromatic ring is 2. The van der Waals surface area contributed by atoms with Gasteiger partial charge in [-0.3, -0.25) is 0 Å². The molecule has 0 aliphatic carbocycles. The lowest BCUT2D eigenvalue weighted by atomic mass is 10.1. The topological polar surface area (TPSA) is 118 Å². The zero-order valence-corrected chi connectivity index (χ0v) is 19.9. The second kappa shape index (κ2) is 12.2. The van der Waals surface area contributed by atoms with Gasteiger partial charge >= 0.3 is 0 Å².